The number of carbonyl (C=O) groups excluding carboxylic acids is 3. The molecule has 3 N–H and O–H groups in total. The molecule has 0 radical (unpaired) electrons. The molecular weight excluding hydrogens is 577 g/mol. The van der Waals surface area contributed by atoms with E-state index in [4.69, 9.17) is 0 Å². The lowest BCUT2D eigenvalue weighted by Crippen LogP contribution is -2.30. The third kappa shape index (κ3) is 7.80. The van der Waals surface area contributed by atoms with Gasteiger partial charge < -0.3 is 16.0 Å². The normalized spacial score (nSPS) is 14.2. The van der Waals surface area contributed by atoms with Crippen LogP contribution in [0, 0.1) is 17.2 Å². The molecule has 7 nitrogen and oxygen atoms in total. The summed E-state index contributed by atoms with van der Waals surface area (Å²) in [6.45, 7) is 2.21. The topological polar surface area (TPSA) is 111 Å². The summed E-state index contributed by atoms with van der Waals surface area (Å²) in [4.78, 5) is 41.0. The Kier molecular flexibility index (Phi) is 9.72. The molecule has 0 fully saturated rings. The molecule has 1 aliphatic rings. The first-order valence-electron chi connectivity index (χ1n) is 13.9. The predicted molar refractivity (Wildman–Crippen MR) is 173 cm³/mol. The van der Waals surface area contributed by atoms with Crippen LogP contribution in [0.25, 0.3) is 6.08 Å². The Morgan fingerprint density at radius 2 is 1.74 bits per heavy atom. The number of rotatable bonds is 9. The number of nitrogens with one attached hydrogen (secondary N) is 3. The molecule has 216 valence electrons. The smallest absolute Gasteiger partial charge is 0.272 e. The molecule has 0 saturated carbocycles. The second kappa shape index (κ2) is 14.0. The van der Waals surface area contributed by atoms with Gasteiger partial charge in [0.05, 0.1) is 11.3 Å². The van der Waals surface area contributed by atoms with Gasteiger partial charge in [-0.3, -0.25) is 14.4 Å². The summed E-state index contributed by atoms with van der Waals surface area (Å²) in [7, 11) is 0. The number of hydrogen-bond acceptors (Lipinski definition) is 6. The number of fused-ring (bicyclic) bond motifs is 1. The highest BCUT2D eigenvalue weighted by Crippen LogP contribution is 2.39. The van der Waals surface area contributed by atoms with Crippen LogP contribution in [0.4, 0.5) is 10.7 Å². The molecule has 3 aromatic carbocycles. The van der Waals surface area contributed by atoms with Crippen molar-refractivity contribution in [1.82, 2.24) is 5.32 Å². The van der Waals surface area contributed by atoms with Gasteiger partial charge in [0.2, 0.25) is 5.91 Å². The molecule has 0 aliphatic heterocycles. The zero-order valence-corrected chi connectivity index (χ0v) is 25.2. The van der Waals surface area contributed by atoms with E-state index in [-0.39, 0.29) is 17.4 Å². The van der Waals surface area contributed by atoms with E-state index >= 15 is 0 Å². The number of anilines is 2. The first kappa shape index (κ1) is 29.8. The Labute approximate surface area is 259 Å². The quantitative estimate of drug-likeness (QED) is 0.142. The highest BCUT2D eigenvalue weighted by molar-refractivity contribution is 8.00. The Morgan fingerprint density at radius 1 is 1.00 bits per heavy atom. The summed E-state index contributed by atoms with van der Waals surface area (Å²) in [5.74, 6) is -0.344. The molecule has 1 aromatic heterocycles. The van der Waals surface area contributed by atoms with Crippen LogP contribution in [0.3, 0.4) is 0 Å². The standard InChI is InChI=1S/C34H30N4O3S2/c1-22-15-16-27-28(20-35)34(43-30(27)17-22)38-31(39)21-42-26-14-8-13-25(19-26)36-33(41)29(18-23-9-4-2-5-10-23)37-32(40)24-11-6-3-7-12-24/h2-14,18-19,22H,15-17,21H2,1H3,(H,36,41)(H,37,40)(H,38,39)/b29-18-. The molecule has 1 aliphatic carbocycles. The predicted octanol–water partition coefficient (Wildman–Crippen LogP) is 6.88. The summed E-state index contributed by atoms with van der Waals surface area (Å²) < 4.78 is 0. The molecular formula is C34H30N4O3S2. The number of carbonyl (C=O) groups is 3. The molecule has 1 unspecified atom stereocenters. The molecule has 43 heavy (non-hydrogen) atoms. The minimum Gasteiger partial charge on any atom is -0.321 e. The van der Waals surface area contributed by atoms with Crippen LogP contribution in [-0.2, 0) is 22.4 Å². The highest BCUT2D eigenvalue weighted by atomic mass is 32.2. The van der Waals surface area contributed by atoms with Gasteiger partial charge in [-0.2, -0.15) is 5.26 Å². The molecule has 0 bridgehead atoms. The van der Waals surface area contributed by atoms with Gasteiger partial charge in [-0.15, -0.1) is 23.1 Å². The van der Waals surface area contributed by atoms with E-state index in [2.05, 4.69) is 28.9 Å². The largest absolute Gasteiger partial charge is 0.321 e. The number of nitriles is 1. The van der Waals surface area contributed by atoms with Crippen LogP contribution >= 0.6 is 23.1 Å². The summed E-state index contributed by atoms with van der Waals surface area (Å²) in [6.07, 6.45) is 4.49. The van der Waals surface area contributed by atoms with Crippen LogP contribution in [0.5, 0.6) is 0 Å². The minimum atomic E-state index is -0.479. The summed E-state index contributed by atoms with van der Waals surface area (Å²) in [5.41, 5.74) is 3.49. The second-order valence-electron chi connectivity index (χ2n) is 10.3. The molecule has 5 rings (SSSR count). The zero-order chi connectivity index (χ0) is 30.2. The second-order valence-corrected chi connectivity index (χ2v) is 12.4. The van der Waals surface area contributed by atoms with Crippen molar-refractivity contribution in [1.29, 1.82) is 5.26 Å². The number of amides is 3. The Hall–Kier alpha value is -4.65. The fourth-order valence-electron chi connectivity index (χ4n) is 4.79. The van der Waals surface area contributed by atoms with Gasteiger partial charge in [-0.05, 0) is 72.7 Å². The van der Waals surface area contributed by atoms with Gasteiger partial charge in [0, 0.05) is 21.0 Å². The van der Waals surface area contributed by atoms with Crippen LogP contribution in [-0.4, -0.2) is 23.5 Å². The van der Waals surface area contributed by atoms with E-state index in [1.165, 1.54) is 28.0 Å². The fraction of sp³-hybridized carbons (Fsp3) is 0.176. The van der Waals surface area contributed by atoms with E-state index in [1.54, 1.807) is 48.5 Å². The maximum atomic E-state index is 13.3. The molecule has 0 spiro atoms. The third-order valence-electron chi connectivity index (χ3n) is 6.98. The van der Waals surface area contributed by atoms with Gasteiger partial charge >= 0.3 is 0 Å². The van der Waals surface area contributed by atoms with E-state index in [0.29, 0.717) is 27.7 Å². The van der Waals surface area contributed by atoms with E-state index in [9.17, 15) is 19.6 Å². The van der Waals surface area contributed by atoms with Gasteiger partial charge in [0.25, 0.3) is 11.8 Å². The Bertz CT molecular complexity index is 1710. The average molecular weight is 607 g/mol. The Morgan fingerprint density at radius 3 is 2.49 bits per heavy atom. The van der Waals surface area contributed by atoms with Crippen LogP contribution < -0.4 is 16.0 Å². The van der Waals surface area contributed by atoms with Crippen LogP contribution in [0.1, 0.15) is 45.3 Å². The fourth-order valence-corrected chi connectivity index (χ4v) is 6.92. The maximum Gasteiger partial charge on any atom is 0.272 e. The van der Waals surface area contributed by atoms with E-state index in [0.717, 1.165) is 35.3 Å². The van der Waals surface area contributed by atoms with Gasteiger partial charge in [-0.25, -0.2) is 0 Å². The zero-order valence-electron chi connectivity index (χ0n) is 23.6. The summed E-state index contributed by atoms with van der Waals surface area (Å²) in [5, 5.41) is 18.9. The van der Waals surface area contributed by atoms with Crippen molar-refractivity contribution in [3.63, 3.8) is 0 Å². The number of hydrogen-bond donors (Lipinski definition) is 3. The summed E-state index contributed by atoms with van der Waals surface area (Å²) >= 11 is 2.84. The van der Waals surface area contributed by atoms with Crippen molar-refractivity contribution in [2.24, 2.45) is 5.92 Å². The van der Waals surface area contributed by atoms with E-state index in [1.807, 2.05) is 42.5 Å². The lowest BCUT2D eigenvalue weighted by atomic mass is 9.89. The number of thioether (sulfide) groups is 1. The van der Waals surface area contributed by atoms with E-state index < -0.39 is 11.8 Å². The average Bonchev–Trinajstić information content (AvgIpc) is 3.36. The summed E-state index contributed by atoms with van der Waals surface area (Å²) in [6, 6.07) is 27.4. The first-order valence-corrected chi connectivity index (χ1v) is 15.7. The van der Waals surface area contributed by atoms with Crippen molar-refractivity contribution >= 4 is 57.6 Å². The molecule has 0 saturated heterocycles. The minimum absolute atomic E-state index is 0.0961. The van der Waals surface area contributed by atoms with Crippen molar-refractivity contribution in [2.75, 3.05) is 16.4 Å². The van der Waals surface area contributed by atoms with Gasteiger partial charge in [0.1, 0.15) is 16.8 Å². The monoisotopic (exact) mass is 606 g/mol. The number of nitrogens with zero attached hydrogens (tertiary/aromatic N) is 1. The van der Waals surface area contributed by atoms with Crippen LogP contribution in [0.2, 0.25) is 0 Å². The Balaban J connectivity index is 1.24. The molecule has 1 heterocycles. The molecule has 9 heteroatoms. The molecule has 3 amide bonds. The lowest BCUT2D eigenvalue weighted by Gasteiger charge is -2.17. The lowest BCUT2D eigenvalue weighted by molar-refractivity contribution is -0.114. The van der Waals surface area contributed by atoms with Gasteiger partial charge in [-0.1, -0.05) is 61.5 Å². The van der Waals surface area contributed by atoms with Gasteiger partial charge in [0.15, 0.2) is 0 Å². The SMILES string of the molecule is CC1CCc2c(sc(NC(=O)CSc3cccc(NC(=O)/C(=C/c4ccccc4)NC(=O)c4ccccc4)c3)c2C#N)C1. The third-order valence-corrected chi connectivity index (χ3v) is 9.14. The highest BCUT2D eigenvalue weighted by Gasteiger charge is 2.24. The van der Waals surface area contributed by atoms with Crippen molar-refractivity contribution < 1.29 is 14.4 Å². The number of benzene rings is 3. The first-order chi connectivity index (χ1) is 20.9. The van der Waals surface area contributed by atoms with Crippen molar-refractivity contribution in [3.8, 4) is 6.07 Å². The van der Waals surface area contributed by atoms with Crippen molar-refractivity contribution in [3.05, 3.63) is 118 Å². The molecule has 1 atom stereocenters. The van der Waals surface area contributed by atoms with Crippen LogP contribution in [0.15, 0.2) is 95.5 Å². The number of thiophene rings is 1. The maximum absolute atomic E-state index is 13.3. The van der Waals surface area contributed by atoms with Crippen molar-refractivity contribution in [2.45, 2.75) is 31.1 Å². The molecule has 4 aromatic rings.